The number of carbonyl (C=O) groups excluding carboxylic acids is 2. The molecule has 0 spiro atoms. The maximum absolute atomic E-state index is 11.8. The fourth-order valence-corrected chi connectivity index (χ4v) is 2.86. The van der Waals surface area contributed by atoms with E-state index in [0.717, 1.165) is 29.9 Å². The molecule has 0 unspecified atom stereocenters. The highest BCUT2D eigenvalue weighted by atomic mass is 32.2. The molecule has 1 aliphatic rings. The first-order chi connectivity index (χ1) is 13.9. The molecular formula is C19H24N4O5S. The first kappa shape index (κ1) is 22.4. The lowest BCUT2D eigenvalue weighted by Crippen LogP contribution is -2.19. The van der Waals surface area contributed by atoms with Crippen molar-refractivity contribution < 1.29 is 23.8 Å². The van der Waals surface area contributed by atoms with Crippen LogP contribution in [-0.2, 0) is 14.3 Å². The van der Waals surface area contributed by atoms with Gasteiger partial charge < -0.3 is 19.1 Å². The van der Waals surface area contributed by atoms with Crippen LogP contribution in [0, 0.1) is 0 Å². The summed E-state index contributed by atoms with van der Waals surface area (Å²) in [6, 6.07) is 5.46. The van der Waals surface area contributed by atoms with Crippen molar-refractivity contribution in [2.24, 2.45) is 10.2 Å². The molecule has 10 heteroatoms. The minimum absolute atomic E-state index is 0.198. The molecule has 1 aliphatic heterocycles. The lowest BCUT2D eigenvalue weighted by atomic mass is 10.2. The van der Waals surface area contributed by atoms with Gasteiger partial charge in [0.05, 0.1) is 24.8 Å². The largest absolute Gasteiger partial charge is 0.490 e. The van der Waals surface area contributed by atoms with Crippen LogP contribution in [0.4, 0.5) is 0 Å². The number of amidine groups is 1. The zero-order valence-electron chi connectivity index (χ0n) is 16.8. The summed E-state index contributed by atoms with van der Waals surface area (Å²) in [4.78, 5) is 25.3. The number of benzene rings is 1. The van der Waals surface area contributed by atoms with Crippen LogP contribution in [0.1, 0.15) is 12.5 Å². The minimum Gasteiger partial charge on any atom is -0.490 e. The van der Waals surface area contributed by atoms with Crippen LogP contribution in [0.15, 0.2) is 39.4 Å². The summed E-state index contributed by atoms with van der Waals surface area (Å²) < 4.78 is 15.9. The van der Waals surface area contributed by atoms with Gasteiger partial charge in [0.15, 0.2) is 16.7 Å². The summed E-state index contributed by atoms with van der Waals surface area (Å²) in [6.07, 6.45) is 2.64. The van der Waals surface area contributed by atoms with E-state index in [1.807, 2.05) is 38.1 Å². The van der Waals surface area contributed by atoms with Crippen LogP contribution in [0.5, 0.6) is 11.5 Å². The molecule has 29 heavy (non-hydrogen) atoms. The molecule has 0 radical (unpaired) electrons. The standard InChI is InChI=1S/C19H24N4O5S/c1-5-27-15-10-13(6-7-14(15)28-9-8-23(2)3)12-20-22-19-21-18(25)16(29-19)11-17(24)26-4/h6-7,10-12H,5,8-9H2,1-4H3,(H,21,22,25)/b16-11+,20-12?. The Morgan fingerprint density at radius 3 is 2.76 bits per heavy atom. The Kier molecular flexibility index (Phi) is 8.68. The van der Waals surface area contributed by atoms with Crippen molar-refractivity contribution in [2.45, 2.75) is 6.92 Å². The average Bonchev–Trinajstić information content (AvgIpc) is 3.02. The van der Waals surface area contributed by atoms with Gasteiger partial charge in [0, 0.05) is 12.6 Å². The highest BCUT2D eigenvalue weighted by Crippen LogP contribution is 2.28. The number of ether oxygens (including phenoxy) is 3. The fourth-order valence-electron chi connectivity index (χ4n) is 2.12. The third-order valence-electron chi connectivity index (χ3n) is 3.52. The number of esters is 1. The van der Waals surface area contributed by atoms with Crippen LogP contribution in [-0.4, -0.2) is 69.1 Å². The van der Waals surface area contributed by atoms with E-state index in [1.54, 1.807) is 6.07 Å². The van der Waals surface area contributed by atoms with Gasteiger partial charge >= 0.3 is 5.97 Å². The van der Waals surface area contributed by atoms with Crippen molar-refractivity contribution >= 4 is 35.0 Å². The van der Waals surface area contributed by atoms with Gasteiger partial charge in [0.25, 0.3) is 5.91 Å². The second kappa shape index (κ2) is 11.2. The number of rotatable bonds is 9. The molecule has 2 rings (SSSR count). The van der Waals surface area contributed by atoms with Gasteiger partial charge in [-0.05, 0) is 56.5 Å². The quantitative estimate of drug-likeness (QED) is 0.280. The summed E-state index contributed by atoms with van der Waals surface area (Å²) in [6.45, 7) is 3.75. The third kappa shape index (κ3) is 7.24. The summed E-state index contributed by atoms with van der Waals surface area (Å²) in [5, 5.41) is 10.8. The number of hydrogen-bond donors (Lipinski definition) is 1. The van der Waals surface area contributed by atoms with E-state index in [0.29, 0.717) is 24.7 Å². The van der Waals surface area contributed by atoms with Gasteiger partial charge in [-0.2, -0.15) is 5.10 Å². The van der Waals surface area contributed by atoms with Crippen LogP contribution in [0.3, 0.4) is 0 Å². The SMILES string of the molecule is CCOc1cc(C=N/N=C2/NC(=O)/C(=C\C(=O)OC)S2)ccc1OCCN(C)C. The van der Waals surface area contributed by atoms with Crippen molar-refractivity contribution in [1.82, 2.24) is 10.2 Å². The number of nitrogens with zero attached hydrogens (tertiary/aromatic N) is 3. The van der Waals surface area contributed by atoms with E-state index in [4.69, 9.17) is 9.47 Å². The number of amides is 1. The molecule has 0 atom stereocenters. The van der Waals surface area contributed by atoms with Gasteiger partial charge in [-0.1, -0.05) is 0 Å². The minimum atomic E-state index is -0.608. The zero-order chi connectivity index (χ0) is 21.2. The summed E-state index contributed by atoms with van der Waals surface area (Å²) in [5.74, 6) is 0.249. The maximum Gasteiger partial charge on any atom is 0.331 e. The van der Waals surface area contributed by atoms with Gasteiger partial charge in [0.2, 0.25) is 0 Å². The molecule has 0 bridgehead atoms. The molecule has 1 N–H and O–H groups in total. The normalized spacial score (nSPS) is 16.7. The second-order valence-electron chi connectivity index (χ2n) is 6.03. The van der Waals surface area contributed by atoms with Crippen molar-refractivity contribution in [3.63, 3.8) is 0 Å². The Balaban J connectivity index is 2.05. The van der Waals surface area contributed by atoms with E-state index in [1.165, 1.54) is 13.3 Å². The highest BCUT2D eigenvalue weighted by Gasteiger charge is 2.25. The average molecular weight is 420 g/mol. The molecule has 0 aromatic heterocycles. The molecule has 1 aromatic rings. The van der Waals surface area contributed by atoms with E-state index in [-0.39, 0.29) is 10.1 Å². The fraction of sp³-hybridized carbons (Fsp3) is 0.368. The Morgan fingerprint density at radius 1 is 1.28 bits per heavy atom. The zero-order valence-corrected chi connectivity index (χ0v) is 17.6. The summed E-state index contributed by atoms with van der Waals surface area (Å²) >= 11 is 1.01. The van der Waals surface area contributed by atoms with E-state index in [2.05, 4.69) is 20.3 Å². The van der Waals surface area contributed by atoms with Crippen LogP contribution >= 0.6 is 11.8 Å². The van der Waals surface area contributed by atoms with E-state index in [9.17, 15) is 9.59 Å². The molecular weight excluding hydrogens is 396 g/mol. The number of nitrogens with one attached hydrogen (secondary N) is 1. The summed E-state index contributed by atoms with van der Waals surface area (Å²) in [7, 11) is 5.20. The van der Waals surface area contributed by atoms with Gasteiger partial charge in [-0.3, -0.25) is 10.1 Å². The Labute approximate surface area is 173 Å². The summed E-state index contributed by atoms with van der Waals surface area (Å²) in [5.41, 5.74) is 0.761. The van der Waals surface area contributed by atoms with Crippen LogP contribution < -0.4 is 14.8 Å². The lowest BCUT2D eigenvalue weighted by Gasteiger charge is -2.14. The smallest absolute Gasteiger partial charge is 0.331 e. The van der Waals surface area contributed by atoms with Gasteiger partial charge in [0.1, 0.15) is 6.61 Å². The van der Waals surface area contributed by atoms with Crippen molar-refractivity contribution in [3.8, 4) is 11.5 Å². The molecule has 9 nitrogen and oxygen atoms in total. The predicted molar refractivity (Wildman–Crippen MR) is 113 cm³/mol. The number of methoxy groups -OCH3 is 1. The predicted octanol–water partition coefficient (Wildman–Crippen LogP) is 1.64. The van der Waals surface area contributed by atoms with Crippen molar-refractivity contribution in [1.29, 1.82) is 0 Å². The first-order valence-electron chi connectivity index (χ1n) is 8.87. The van der Waals surface area contributed by atoms with Gasteiger partial charge in [-0.25, -0.2) is 4.79 Å². The molecule has 0 aliphatic carbocycles. The number of hydrogen-bond acceptors (Lipinski definition) is 9. The topological polar surface area (TPSA) is 102 Å². The molecule has 1 amide bonds. The number of carbonyl (C=O) groups is 2. The van der Waals surface area contributed by atoms with E-state index >= 15 is 0 Å². The Bertz CT molecular complexity index is 836. The van der Waals surface area contributed by atoms with Crippen LogP contribution in [0.25, 0.3) is 0 Å². The monoisotopic (exact) mass is 420 g/mol. The molecule has 0 saturated carbocycles. The highest BCUT2D eigenvalue weighted by molar-refractivity contribution is 8.18. The maximum atomic E-state index is 11.8. The second-order valence-corrected chi connectivity index (χ2v) is 7.06. The molecule has 1 aromatic carbocycles. The molecule has 1 saturated heterocycles. The molecule has 1 fully saturated rings. The molecule has 156 valence electrons. The van der Waals surface area contributed by atoms with Crippen molar-refractivity contribution in [3.05, 3.63) is 34.7 Å². The number of likely N-dealkylation sites (N-methyl/N-ethyl adjacent to an activating group) is 1. The first-order valence-corrected chi connectivity index (χ1v) is 9.68. The molecule has 1 heterocycles. The van der Waals surface area contributed by atoms with E-state index < -0.39 is 11.9 Å². The Morgan fingerprint density at radius 2 is 2.07 bits per heavy atom. The van der Waals surface area contributed by atoms with Crippen molar-refractivity contribution in [2.75, 3.05) is 41.0 Å². The van der Waals surface area contributed by atoms with Gasteiger partial charge in [-0.15, -0.1) is 5.10 Å². The van der Waals surface area contributed by atoms with Crippen LogP contribution in [0.2, 0.25) is 0 Å². The third-order valence-corrected chi connectivity index (χ3v) is 4.42. The number of thioether (sulfide) groups is 1. The lowest BCUT2D eigenvalue weighted by molar-refractivity contribution is -0.135. The Hall–Kier alpha value is -2.85.